The highest BCUT2D eigenvalue weighted by Crippen LogP contribution is 2.16. The summed E-state index contributed by atoms with van der Waals surface area (Å²) < 4.78 is 6.98. The molecule has 8 heteroatoms. The second kappa shape index (κ2) is 6.10. The van der Waals surface area contributed by atoms with E-state index in [-0.39, 0.29) is 25.5 Å². The second-order valence-corrected chi connectivity index (χ2v) is 3.98. The van der Waals surface area contributed by atoms with Crippen molar-refractivity contribution in [1.82, 2.24) is 9.55 Å². The first-order valence-corrected chi connectivity index (χ1v) is 5.81. The molecule has 0 bridgehead atoms. The number of fused-ring (bicyclic) bond motifs is 1. The van der Waals surface area contributed by atoms with Crippen molar-refractivity contribution in [2.75, 3.05) is 18.5 Å². The van der Waals surface area contributed by atoms with Crippen LogP contribution in [0.5, 0.6) is 0 Å². The smallest absolute Gasteiger partial charge is 0.303 e. The van der Waals surface area contributed by atoms with E-state index in [2.05, 4.69) is 15.3 Å². The third kappa shape index (κ3) is 3.38. The molecule has 0 unspecified atom stereocenters. The maximum atomic E-state index is 11.6. The molecule has 2 rings (SSSR count). The van der Waals surface area contributed by atoms with Gasteiger partial charge in [-0.05, 0) is 6.42 Å². The van der Waals surface area contributed by atoms with Gasteiger partial charge in [0.05, 0.1) is 12.7 Å². The van der Waals surface area contributed by atoms with Gasteiger partial charge in [-0.3, -0.25) is 19.1 Å². The summed E-state index contributed by atoms with van der Waals surface area (Å²) in [5, 5.41) is 11.4. The first kappa shape index (κ1) is 13.2. The lowest BCUT2D eigenvalue weighted by Gasteiger charge is -2.08. The molecule has 0 spiro atoms. The number of aromatic nitrogens is 2. The van der Waals surface area contributed by atoms with Crippen LogP contribution in [0.3, 0.4) is 0 Å². The molecule has 8 nitrogen and oxygen atoms in total. The molecule has 1 aliphatic heterocycles. The third-order valence-electron chi connectivity index (χ3n) is 2.54. The van der Waals surface area contributed by atoms with Gasteiger partial charge < -0.3 is 15.2 Å². The lowest BCUT2D eigenvalue weighted by molar-refractivity contribution is -0.137. The molecule has 0 fully saturated rings. The van der Waals surface area contributed by atoms with Crippen LogP contribution >= 0.6 is 0 Å². The number of hydrogen-bond donors (Lipinski definition) is 2. The fraction of sp³-hybridized carbons (Fsp3) is 0.455. The van der Waals surface area contributed by atoms with Crippen LogP contribution in [0.4, 0.5) is 5.82 Å². The molecule has 0 aromatic carbocycles. The van der Waals surface area contributed by atoms with Gasteiger partial charge in [0.2, 0.25) is 5.78 Å². The van der Waals surface area contributed by atoms with Crippen molar-refractivity contribution in [3.63, 3.8) is 0 Å². The number of carboxylic acid groups (broad SMARTS) is 1. The summed E-state index contributed by atoms with van der Waals surface area (Å²) >= 11 is 0. The molecule has 0 saturated carbocycles. The summed E-state index contributed by atoms with van der Waals surface area (Å²) in [6, 6.07) is 0. The number of carbonyl (C=O) groups excluding carboxylic acids is 1. The van der Waals surface area contributed by atoms with E-state index < -0.39 is 5.97 Å². The van der Waals surface area contributed by atoms with E-state index in [4.69, 9.17) is 9.84 Å². The van der Waals surface area contributed by atoms with Crippen LogP contribution in [0.2, 0.25) is 0 Å². The van der Waals surface area contributed by atoms with Crippen molar-refractivity contribution < 1.29 is 19.4 Å². The molecule has 0 atom stereocenters. The highest BCUT2D eigenvalue weighted by Gasteiger charge is 2.18. The molecule has 2 N–H and O–H groups in total. The quantitative estimate of drug-likeness (QED) is 0.720. The lowest BCUT2D eigenvalue weighted by atomic mass is 10.3. The number of ether oxygens (including phenoxy) is 1. The largest absolute Gasteiger partial charge is 0.481 e. The zero-order valence-corrected chi connectivity index (χ0v) is 10.2. The summed E-state index contributed by atoms with van der Waals surface area (Å²) in [4.78, 5) is 29.8. The molecule has 0 saturated heterocycles. The van der Waals surface area contributed by atoms with Gasteiger partial charge >= 0.3 is 5.97 Å². The van der Waals surface area contributed by atoms with E-state index in [1.807, 2.05) is 0 Å². The van der Waals surface area contributed by atoms with E-state index in [0.29, 0.717) is 24.5 Å². The third-order valence-corrected chi connectivity index (χ3v) is 2.54. The van der Waals surface area contributed by atoms with E-state index >= 15 is 0 Å². The predicted octanol–water partition coefficient (Wildman–Crippen LogP) is 0.358. The Morgan fingerprint density at radius 2 is 2.42 bits per heavy atom. The van der Waals surface area contributed by atoms with Gasteiger partial charge in [-0.2, -0.15) is 0 Å². The standard InChI is InChI=1S/C11H14N4O4/c16-8-4-12-5-13-11-10(8)14-6-15(11)7-19-3-1-2-9(17)18/h5-6H,1-4,7H2,(H,12,13)(H,17,18). The van der Waals surface area contributed by atoms with Gasteiger partial charge in [0, 0.05) is 13.0 Å². The monoisotopic (exact) mass is 266 g/mol. The van der Waals surface area contributed by atoms with Crippen molar-refractivity contribution in [1.29, 1.82) is 0 Å². The van der Waals surface area contributed by atoms with Crippen molar-refractivity contribution in [3.8, 4) is 0 Å². The van der Waals surface area contributed by atoms with Gasteiger partial charge in [-0.25, -0.2) is 4.98 Å². The Bertz CT molecular complexity index is 509. The second-order valence-electron chi connectivity index (χ2n) is 3.98. The Labute approximate surface area is 109 Å². The molecular weight excluding hydrogens is 252 g/mol. The number of aliphatic imine (C=N–C) groups is 1. The summed E-state index contributed by atoms with van der Waals surface area (Å²) in [6.45, 7) is 0.619. The van der Waals surface area contributed by atoms with Crippen molar-refractivity contribution in [2.45, 2.75) is 19.6 Å². The van der Waals surface area contributed by atoms with Crippen LogP contribution in [0, 0.1) is 0 Å². The SMILES string of the molecule is O=C(O)CCCOCn1cnc2c1NC=NCC2=O. The maximum absolute atomic E-state index is 11.6. The number of nitrogens with one attached hydrogen (secondary N) is 1. The van der Waals surface area contributed by atoms with E-state index in [9.17, 15) is 9.59 Å². The van der Waals surface area contributed by atoms with Crippen molar-refractivity contribution in [3.05, 3.63) is 12.0 Å². The lowest BCUT2D eigenvalue weighted by Crippen LogP contribution is -2.09. The summed E-state index contributed by atoms with van der Waals surface area (Å²) in [5.74, 6) is -0.450. The number of hydrogen-bond acceptors (Lipinski definition) is 6. The number of aliphatic carboxylic acids is 1. The molecule has 2 heterocycles. The first-order chi connectivity index (χ1) is 9.18. The Balaban J connectivity index is 1.89. The summed E-state index contributed by atoms with van der Waals surface area (Å²) in [6.07, 6.45) is 3.48. The summed E-state index contributed by atoms with van der Waals surface area (Å²) in [7, 11) is 0. The highest BCUT2D eigenvalue weighted by molar-refractivity contribution is 6.03. The molecule has 0 aliphatic carbocycles. The minimum atomic E-state index is -0.844. The number of anilines is 1. The van der Waals surface area contributed by atoms with E-state index in [1.165, 1.54) is 12.7 Å². The van der Waals surface area contributed by atoms with Gasteiger partial charge in [-0.15, -0.1) is 0 Å². The average molecular weight is 266 g/mol. The predicted molar refractivity (Wildman–Crippen MR) is 66.4 cm³/mol. The number of imidazole rings is 1. The average Bonchev–Trinajstić information content (AvgIpc) is 2.67. The highest BCUT2D eigenvalue weighted by atomic mass is 16.5. The summed E-state index contributed by atoms with van der Waals surface area (Å²) in [5.41, 5.74) is 0.339. The minimum Gasteiger partial charge on any atom is -0.481 e. The minimum absolute atomic E-state index is 0.0748. The number of nitrogens with zero attached hydrogens (tertiary/aromatic N) is 3. The normalized spacial score (nSPS) is 13.8. The van der Waals surface area contributed by atoms with E-state index in [0.717, 1.165) is 0 Å². The van der Waals surface area contributed by atoms with Crippen LogP contribution in [0.1, 0.15) is 23.3 Å². The molecule has 1 aliphatic rings. The topological polar surface area (TPSA) is 106 Å². The Kier molecular flexibility index (Phi) is 4.24. The van der Waals surface area contributed by atoms with Crippen LogP contribution in [0.15, 0.2) is 11.3 Å². The zero-order valence-electron chi connectivity index (χ0n) is 10.2. The van der Waals surface area contributed by atoms with Crippen LogP contribution in [-0.2, 0) is 16.3 Å². The Hall–Kier alpha value is -2.22. The van der Waals surface area contributed by atoms with Crippen LogP contribution in [-0.4, -0.2) is 45.9 Å². The zero-order chi connectivity index (χ0) is 13.7. The number of carbonyl (C=O) groups is 2. The van der Waals surface area contributed by atoms with Gasteiger partial charge in [0.1, 0.15) is 19.1 Å². The van der Waals surface area contributed by atoms with Crippen molar-refractivity contribution >= 4 is 23.9 Å². The molecule has 0 radical (unpaired) electrons. The molecule has 1 aromatic rings. The number of Topliss-reactive ketones (excluding diaryl/α,β-unsaturated/α-hetero) is 1. The molecule has 102 valence electrons. The van der Waals surface area contributed by atoms with Gasteiger partial charge in [0.15, 0.2) is 5.69 Å². The molecule has 19 heavy (non-hydrogen) atoms. The van der Waals surface area contributed by atoms with Gasteiger partial charge in [-0.1, -0.05) is 0 Å². The fourth-order valence-corrected chi connectivity index (χ4v) is 1.63. The van der Waals surface area contributed by atoms with Crippen LogP contribution in [0.25, 0.3) is 0 Å². The molecular formula is C11H14N4O4. The fourth-order valence-electron chi connectivity index (χ4n) is 1.63. The Morgan fingerprint density at radius 3 is 3.21 bits per heavy atom. The number of rotatable bonds is 6. The maximum Gasteiger partial charge on any atom is 0.303 e. The Morgan fingerprint density at radius 1 is 1.58 bits per heavy atom. The molecule has 1 aromatic heterocycles. The number of carboxylic acids is 1. The van der Waals surface area contributed by atoms with Crippen molar-refractivity contribution in [2.24, 2.45) is 4.99 Å². The first-order valence-electron chi connectivity index (χ1n) is 5.81. The molecule has 0 amide bonds. The van der Waals surface area contributed by atoms with Crippen LogP contribution < -0.4 is 5.32 Å². The van der Waals surface area contributed by atoms with Gasteiger partial charge in [0.25, 0.3) is 0 Å². The van der Waals surface area contributed by atoms with E-state index in [1.54, 1.807) is 4.57 Å². The number of ketones is 1.